The smallest absolute Gasteiger partial charge is 0.305 e. The summed E-state index contributed by atoms with van der Waals surface area (Å²) in [6, 6.07) is 6.56. The third-order valence-corrected chi connectivity index (χ3v) is 7.47. The summed E-state index contributed by atoms with van der Waals surface area (Å²) < 4.78 is 4.86. The van der Waals surface area contributed by atoms with E-state index >= 15 is 0 Å². The van der Waals surface area contributed by atoms with Crippen molar-refractivity contribution in [3.8, 4) is 5.75 Å². The second kappa shape index (κ2) is 7.46. The van der Waals surface area contributed by atoms with Crippen LogP contribution in [0.15, 0.2) is 18.2 Å². The Balaban J connectivity index is 1.66. The highest BCUT2D eigenvalue weighted by atomic mass is 16.5. The maximum atomic E-state index is 11.7. The topological polar surface area (TPSA) is 49.8 Å². The van der Waals surface area contributed by atoms with Crippen LogP contribution in [0.5, 0.6) is 5.75 Å². The Hall–Kier alpha value is -1.55. The number of carbonyl (C=O) groups is 1. The SMILES string of the molecule is COC(=O)CCC[C@]12CCCN(CC3CC3)[C@H](Cc3ccc(O)cc31)[C@@H]2C. The first kappa shape index (κ1) is 18.8. The molecule has 0 aromatic heterocycles. The van der Waals surface area contributed by atoms with Crippen LogP contribution in [0.4, 0.5) is 0 Å². The van der Waals surface area contributed by atoms with E-state index in [9.17, 15) is 9.90 Å². The van der Waals surface area contributed by atoms with E-state index in [1.165, 1.54) is 50.6 Å². The van der Waals surface area contributed by atoms with Crippen molar-refractivity contribution in [1.29, 1.82) is 0 Å². The van der Waals surface area contributed by atoms with Crippen LogP contribution in [0.3, 0.4) is 0 Å². The molecule has 0 radical (unpaired) electrons. The number of rotatable bonds is 6. The molecule has 1 N–H and O–H groups in total. The molecule has 1 aliphatic heterocycles. The van der Waals surface area contributed by atoms with Crippen LogP contribution in [-0.2, 0) is 21.4 Å². The standard InChI is InChI=1S/C23H33NO3/c1-16-21-13-18-8-9-19(25)14-20(18)23(16,10-3-5-22(26)27-2)11-4-12-24(21)15-17-6-7-17/h8-9,14,16-17,21,25H,3-7,10-13,15H2,1-2H3/t16-,21+,23+/m0/s1. The van der Waals surface area contributed by atoms with Gasteiger partial charge in [0.15, 0.2) is 0 Å². The Morgan fingerprint density at radius 1 is 1.37 bits per heavy atom. The zero-order valence-corrected chi connectivity index (χ0v) is 16.7. The lowest BCUT2D eigenvalue weighted by atomic mass is 9.58. The van der Waals surface area contributed by atoms with Crippen LogP contribution in [0.1, 0.15) is 63.0 Å². The van der Waals surface area contributed by atoms with Crippen molar-refractivity contribution in [1.82, 2.24) is 4.90 Å². The van der Waals surface area contributed by atoms with Crippen molar-refractivity contribution in [2.75, 3.05) is 20.2 Å². The van der Waals surface area contributed by atoms with Crippen molar-refractivity contribution in [2.24, 2.45) is 11.8 Å². The number of nitrogens with zero attached hydrogens (tertiary/aromatic N) is 1. The fourth-order valence-electron chi connectivity index (χ4n) is 5.79. The lowest BCUT2D eigenvalue weighted by Gasteiger charge is -2.49. The Morgan fingerprint density at radius 3 is 2.93 bits per heavy atom. The number of phenols is 1. The predicted octanol–water partition coefficient (Wildman–Crippen LogP) is 4.04. The Bertz CT molecular complexity index is 699. The Kier molecular flexibility index (Phi) is 5.19. The minimum atomic E-state index is -0.119. The average molecular weight is 372 g/mol. The highest BCUT2D eigenvalue weighted by molar-refractivity contribution is 5.69. The van der Waals surface area contributed by atoms with Gasteiger partial charge >= 0.3 is 5.97 Å². The molecule has 1 saturated heterocycles. The molecule has 1 heterocycles. The molecule has 3 aliphatic rings. The van der Waals surface area contributed by atoms with E-state index in [2.05, 4.69) is 17.9 Å². The number of hydrogen-bond acceptors (Lipinski definition) is 4. The zero-order valence-electron chi connectivity index (χ0n) is 16.7. The first-order chi connectivity index (χ1) is 13.0. The maximum absolute atomic E-state index is 11.7. The van der Waals surface area contributed by atoms with Gasteiger partial charge < -0.3 is 9.84 Å². The molecule has 1 saturated carbocycles. The molecule has 0 amide bonds. The van der Waals surface area contributed by atoms with Gasteiger partial charge in [-0.05, 0) is 92.0 Å². The summed E-state index contributed by atoms with van der Waals surface area (Å²) in [7, 11) is 1.47. The normalized spacial score (nSPS) is 30.4. The second-order valence-corrected chi connectivity index (χ2v) is 9.03. The molecule has 4 heteroatoms. The van der Waals surface area contributed by atoms with E-state index < -0.39 is 0 Å². The average Bonchev–Trinajstić information content (AvgIpc) is 3.47. The summed E-state index contributed by atoms with van der Waals surface area (Å²) in [5, 5.41) is 10.2. The fraction of sp³-hybridized carbons (Fsp3) is 0.696. The molecule has 3 atom stereocenters. The van der Waals surface area contributed by atoms with Crippen molar-refractivity contribution in [3.05, 3.63) is 29.3 Å². The summed E-state index contributed by atoms with van der Waals surface area (Å²) >= 11 is 0. The number of aromatic hydroxyl groups is 1. The molecular formula is C23H33NO3. The third kappa shape index (κ3) is 3.61. The van der Waals surface area contributed by atoms with Crippen LogP contribution in [0.2, 0.25) is 0 Å². The van der Waals surface area contributed by atoms with Crippen LogP contribution in [0, 0.1) is 11.8 Å². The van der Waals surface area contributed by atoms with Gasteiger partial charge in [0.2, 0.25) is 0 Å². The van der Waals surface area contributed by atoms with E-state index in [1.54, 1.807) is 0 Å². The van der Waals surface area contributed by atoms with Crippen molar-refractivity contribution in [2.45, 2.75) is 69.7 Å². The first-order valence-corrected chi connectivity index (χ1v) is 10.7. The summed E-state index contributed by atoms with van der Waals surface area (Å²) in [4.78, 5) is 14.4. The summed E-state index contributed by atoms with van der Waals surface area (Å²) in [5.41, 5.74) is 2.80. The van der Waals surface area contributed by atoms with Crippen molar-refractivity contribution < 1.29 is 14.6 Å². The number of ether oxygens (including phenoxy) is 1. The minimum absolute atomic E-state index is 0.0588. The van der Waals surface area contributed by atoms with Crippen LogP contribution >= 0.6 is 0 Å². The van der Waals surface area contributed by atoms with E-state index in [-0.39, 0.29) is 11.4 Å². The molecule has 2 bridgehead atoms. The highest BCUT2D eigenvalue weighted by Crippen LogP contribution is 2.52. The Labute approximate surface area is 162 Å². The number of hydrogen-bond donors (Lipinski definition) is 1. The van der Waals surface area contributed by atoms with E-state index in [4.69, 9.17) is 4.74 Å². The molecule has 1 aromatic carbocycles. The van der Waals surface area contributed by atoms with Gasteiger partial charge in [0.1, 0.15) is 5.75 Å². The second-order valence-electron chi connectivity index (χ2n) is 9.03. The number of fused-ring (bicyclic) bond motifs is 4. The largest absolute Gasteiger partial charge is 0.508 e. The Morgan fingerprint density at radius 2 is 2.19 bits per heavy atom. The van der Waals surface area contributed by atoms with Gasteiger partial charge in [-0.15, -0.1) is 0 Å². The number of methoxy groups -OCH3 is 1. The van der Waals surface area contributed by atoms with Crippen LogP contribution < -0.4 is 0 Å². The van der Waals surface area contributed by atoms with E-state index in [1.807, 2.05) is 12.1 Å². The van der Waals surface area contributed by atoms with Gasteiger partial charge in [-0.25, -0.2) is 0 Å². The number of benzene rings is 1. The number of phenolic OH excluding ortho intramolecular Hbond substituents is 1. The zero-order chi connectivity index (χ0) is 19.0. The van der Waals surface area contributed by atoms with Crippen LogP contribution in [0.25, 0.3) is 0 Å². The predicted molar refractivity (Wildman–Crippen MR) is 106 cm³/mol. The molecule has 2 fully saturated rings. The van der Waals surface area contributed by atoms with Gasteiger partial charge in [-0.3, -0.25) is 9.69 Å². The molecule has 0 spiro atoms. The molecule has 4 rings (SSSR count). The molecule has 148 valence electrons. The highest BCUT2D eigenvalue weighted by Gasteiger charge is 2.49. The molecular weight excluding hydrogens is 338 g/mol. The summed E-state index contributed by atoms with van der Waals surface area (Å²) in [6.45, 7) is 4.85. The van der Waals surface area contributed by atoms with Crippen molar-refractivity contribution in [3.63, 3.8) is 0 Å². The lowest BCUT2D eigenvalue weighted by Crippen LogP contribution is -2.51. The summed E-state index contributed by atoms with van der Waals surface area (Å²) in [6.07, 6.45) is 8.54. The van der Waals surface area contributed by atoms with Gasteiger partial charge in [-0.1, -0.05) is 13.0 Å². The van der Waals surface area contributed by atoms with Gasteiger partial charge in [0.25, 0.3) is 0 Å². The summed E-state index contributed by atoms with van der Waals surface area (Å²) in [5.74, 6) is 1.69. The van der Waals surface area contributed by atoms with Gasteiger partial charge in [-0.2, -0.15) is 0 Å². The first-order valence-electron chi connectivity index (χ1n) is 10.7. The van der Waals surface area contributed by atoms with E-state index in [0.717, 1.165) is 31.6 Å². The monoisotopic (exact) mass is 371 g/mol. The number of esters is 1. The molecule has 4 nitrogen and oxygen atoms in total. The molecule has 0 unspecified atom stereocenters. The number of likely N-dealkylation sites (tertiary alicyclic amines) is 1. The van der Waals surface area contributed by atoms with Crippen LogP contribution in [-0.4, -0.2) is 42.2 Å². The number of carbonyl (C=O) groups excluding carboxylic acids is 1. The lowest BCUT2D eigenvalue weighted by molar-refractivity contribution is -0.140. The molecule has 1 aromatic rings. The van der Waals surface area contributed by atoms with Gasteiger partial charge in [0, 0.05) is 19.0 Å². The molecule has 2 aliphatic carbocycles. The maximum Gasteiger partial charge on any atom is 0.305 e. The quantitative estimate of drug-likeness (QED) is 0.767. The fourth-order valence-corrected chi connectivity index (χ4v) is 5.79. The molecule has 27 heavy (non-hydrogen) atoms. The van der Waals surface area contributed by atoms with E-state index in [0.29, 0.717) is 24.1 Å². The minimum Gasteiger partial charge on any atom is -0.508 e. The third-order valence-electron chi connectivity index (χ3n) is 7.47. The van der Waals surface area contributed by atoms with Gasteiger partial charge in [0.05, 0.1) is 7.11 Å². The van der Waals surface area contributed by atoms with Crippen molar-refractivity contribution >= 4 is 5.97 Å².